The third kappa shape index (κ3) is 7.46. The SMILES string of the molecule is CC1CCN(CCN=C(N)NCCc2cccs2)CC1.I. The lowest BCUT2D eigenvalue weighted by Gasteiger charge is -2.29. The quantitative estimate of drug-likeness (QED) is 0.421. The normalized spacial score (nSPS) is 17.5. The number of likely N-dealkylation sites (tertiary alicyclic amines) is 1. The van der Waals surface area contributed by atoms with E-state index in [4.69, 9.17) is 5.73 Å². The number of piperidine rings is 1. The van der Waals surface area contributed by atoms with Crippen molar-refractivity contribution in [1.82, 2.24) is 10.2 Å². The summed E-state index contributed by atoms with van der Waals surface area (Å²) in [6, 6.07) is 4.23. The highest BCUT2D eigenvalue weighted by molar-refractivity contribution is 14.0. The summed E-state index contributed by atoms with van der Waals surface area (Å²) >= 11 is 1.78. The molecule has 1 saturated heterocycles. The van der Waals surface area contributed by atoms with Crippen molar-refractivity contribution >= 4 is 41.3 Å². The van der Waals surface area contributed by atoms with Crippen LogP contribution in [0.2, 0.25) is 0 Å². The Labute approximate surface area is 149 Å². The molecule has 1 aromatic rings. The fourth-order valence-corrected chi connectivity index (χ4v) is 3.13. The second-order valence-corrected chi connectivity index (χ2v) is 6.58. The molecule has 0 atom stereocenters. The third-order valence-corrected chi connectivity index (χ3v) is 4.77. The fraction of sp³-hybridized carbons (Fsp3) is 0.667. The van der Waals surface area contributed by atoms with E-state index in [9.17, 15) is 0 Å². The summed E-state index contributed by atoms with van der Waals surface area (Å²) < 4.78 is 0. The van der Waals surface area contributed by atoms with E-state index in [-0.39, 0.29) is 24.0 Å². The molecule has 4 nitrogen and oxygen atoms in total. The standard InChI is InChI=1S/C15H26N4S.HI/c1-13-5-9-19(10-6-13)11-8-18-15(16)17-7-4-14-3-2-12-20-14;/h2-3,12-13H,4-11H2,1H3,(H3,16,17,18);1H. The number of rotatable bonds is 6. The predicted octanol–water partition coefficient (Wildman–Crippen LogP) is 2.54. The summed E-state index contributed by atoms with van der Waals surface area (Å²) in [6.45, 7) is 7.44. The lowest BCUT2D eigenvalue weighted by Crippen LogP contribution is -2.36. The maximum atomic E-state index is 5.87. The van der Waals surface area contributed by atoms with Crippen LogP contribution in [0.1, 0.15) is 24.6 Å². The minimum absolute atomic E-state index is 0. The summed E-state index contributed by atoms with van der Waals surface area (Å²) in [7, 11) is 0. The van der Waals surface area contributed by atoms with Crippen molar-refractivity contribution in [3.8, 4) is 0 Å². The van der Waals surface area contributed by atoms with Crippen molar-refractivity contribution in [2.24, 2.45) is 16.6 Å². The molecule has 6 heteroatoms. The van der Waals surface area contributed by atoms with Gasteiger partial charge >= 0.3 is 0 Å². The minimum Gasteiger partial charge on any atom is -0.370 e. The minimum atomic E-state index is 0. The molecule has 0 unspecified atom stereocenters. The topological polar surface area (TPSA) is 53.6 Å². The Morgan fingerprint density at radius 3 is 2.90 bits per heavy atom. The van der Waals surface area contributed by atoms with Gasteiger partial charge in [0.05, 0.1) is 6.54 Å². The highest BCUT2D eigenvalue weighted by Gasteiger charge is 2.14. The molecule has 2 heterocycles. The van der Waals surface area contributed by atoms with Crippen LogP contribution in [0.5, 0.6) is 0 Å². The van der Waals surface area contributed by atoms with E-state index in [0.29, 0.717) is 5.96 Å². The first-order valence-electron chi connectivity index (χ1n) is 7.52. The second-order valence-electron chi connectivity index (χ2n) is 5.55. The molecule has 0 radical (unpaired) electrons. The van der Waals surface area contributed by atoms with Gasteiger partial charge in [-0.1, -0.05) is 13.0 Å². The Morgan fingerprint density at radius 1 is 1.48 bits per heavy atom. The average Bonchev–Trinajstić information content (AvgIpc) is 2.94. The van der Waals surface area contributed by atoms with Crippen LogP contribution in [0.4, 0.5) is 0 Å². The Balaban J connectivity index is 0.00000220. The van der Waals surface area contributed by atoms with Gasteiger partial charge in [0.1, 0.15) is 0 Å². The zero-order chi connectivity index (χ0) is 14.2. The predicted molar refractivity (Wildman–Crippen MR) is 103 cm³/mol. The molecule has 2 rings (SSSR count). The molecule has 0 aromatic carbocycles. The molecule has 1 aliphatic heterocycles. The molecule has 0 aliphatic carbocycles. The highest BCUT2D eigenvalue weighted by Crippen LogP contribution is 2.15. The molecular weight excluding hydrogens is 395 g/mol. The molecular formula is C15H27IN4S. The number of thiophene rings is 1. The van der Waals surface area contributed by atoms with Crippen molar-refractivity contribution in [3.63, 3.8) is 0 Å². The zero-order valence-corrected chi connectivity index (χ0v) is 15.9. The molecule has 120 valence electrons. The molecule has 0 spiro atoms. The zero-order valence-electron chi connectivity index (χ0n) is 12.8. The Morgan fingerprint density at radius 2 is 2.24 bits per heavy atom. The van der Waals surface area contributed by atoms with E-state index >= 15 is 0 Å². The van der Waals surface area contributed by atoms with Crippen LogP contribution < -0.4 is 11.1 Å². The van der Waals surface area contributed by atoms with Crippen LogP contribution >= 0.6 is 35.3 Å². The fourth-order valence-electron chi connectivity index (χ4n) is 2.42. The van der Waals surface area contributed by atoms with Crippen LogP contribution in [-0.2, 0) is 6.42 Å². The Kier molecular flexibility index (Phi) is 9.26. The van der Waals surface area contributed by atoms with Crippen molar-refractivity contribution in [1.29, 1.82) is 0 Å². The highest BCUT2D eigenvalue weighted by atomic mass is 127. The van der Waals surface area contributed by atoms with E-state index in [0.717, 1.165) is 32.0 Å². The van der Waals surface area contributed by atoms with Gasteiger partial charge in [0.25, 0.3) is 0 Å². The number of halogens is 1. The van der Waals surface area contributed by atoms with Gasteiger partial charge < -0.3 is 16.0 Å². The number of nitrogens with one attached hydrogen (secondary N) is 1. The molecule has 3 N–H and O–H groups in total. The van der Waals surface area contributed by atoms with Gasteiger partial charge in [-0.25, -0.2) is 0 Å². The van der Waals surface area contributed by atoms with Crippen molar-refractivity contribution in [3.05, 3.63) is 22.4 Å². The van der Waals surface area contributed by atoms with E-state index in [2.05, 4.69) is 39.6 Å². The molecule has 0 saturated carbocycles. The largest absolute Gasteiger partial charge is 0.370 e. The molecule has 1 aromatic heterocycles. The first kappa shape index (κ1) is 18.7. The van der Waals surface area contributed by atoms with Gasteiger partial charge in [-0.3, -0.25) is 4.99 Å². The van der Waals surface area contributed by atoms with Crippen LogP contribution in [0.3, 0.4) is 0 Å². The number of guanidine groups is 1. The Bertz CT molecular complexity index is 400. The summed E-state index contributed by atoms with van der Waals surface area (Å²) in [5.74, 6) is 1.46. The van der Waals surface area contributed by atoms with Gasteiger partial charge in [-0.15, -0.1) is 35.3 Å². The summed E-state index contributed by atoms with van der Waals surface area (Å²) in [5, 5.41) is 5.29. The number of hydrogen-bond donors (Lipinski definition) is 2. The summed E-state index contributed by atoms with van der Waals surface area (Å²) in [4.78, 5) is 8.27. The van der Waals surface area contributed by atoms with Crippen LogP contribution in [0.25, 0.3) is 0 Å². The summed E-state index contributed by atoms with van der Waals surface area (Å²) in [6.07, 6.45) is 3.65. The van der Waals surface area contributed by atoms with Crippen molar-refractivity contribution in [2.75, 3.05) is 32.7 Å². The number of aliphatic imine (C=N–C) groups is 1. The van der Waals surface area contributed by atoms with Crippen molar-refractivity contribution in [2.45, 2.75) is 26.2 Å². The maximum Gasteiger partial charge on any atom is 0.188 e. The lowest BCUT2D eigenvalue weighted by atomic mass is 9.99. The third-order valence-electron chi connectivity index (χ3n) is 3.83. The lowest BCUT2D eigenvalue weighted by molar-refractivity contribution is 0.197. The molecule has 21 heavy (non-hydrogen) atoms. The van der Waals surface area contributed by atoms with Crippen LogP contribution in [0, 0.1) is 5.92 Å². The average molecular weight is 422 g/mol. The van der Waals surface area contributed by atoms with Gasteiger partial charge in [0, 0.05) is 18.0 Å². The van der Waals surface area contributed by atoms with Gasteiger partial charge in [-0.05, 0) is 49.7 Å². The van der Waals surface area contributed by atoms with Gasteiger partial charge in [0.2, 0.25) is 0 Å². The van der Waals surface area contributed by atoms with Crippen molar-refractivity contribution < 1.29 is 0 Å². The first-order valence-corrected chi connectivity index (χ1v) is 8.40. The molecule has 1 fully saturated rings. The van der Waals surface area contributed by atoms with Gasteiger partial charge in [-0.2, -0.15) is 0 Å². The van der Waals surface area contributed by atoms with Gasteiger partial charge in [0.15, 0.2) is 5.96 Å². The van der Waals surface area contributed by atoms with E-state index in [1.807, 2.05) is 0 Å². The van der Waals surface area contributed by atoms with E-state index in [1.165, 1.54) is 30.8 Å². The number of nitrogens with two attached hydrogens (primary N) is 1. The Hall–Kier alpha value is -0.340. The molecule has 1 aliphatic rings. The van der Waals surface area contributed by atoms with Crippen LogP contribution in [0.15, 0.2) is 22.5 Å². The molecule has 0 amide bonds. The monoisotopic (exact) mass is 422 g/mol. The van der Waals surface area contributed by atoms with Crippen LogP contribution in [-0.4, -0.2) is 43.6 Å². The smallest absolute Gasteiger partial charge is 0.188 e. The number of nitrogens with zero attached hydrogens (tertiary/aromatic N) is 2. The number of hydrogen-bond acceptors (Lipinski definition) is 3. The maximum absolute atomic E-state index is 5.87. The first-order chi connectivity index (χ1) is 9.74. The summed E-state index contributed by atoms with van der Waals surface area (Å²) in [5.41, 5.74) is 5.87. The van der Waals surface area contributed by atoms with E-state index in [1.54, 1.807) is 11.3 Å². The molecule has 0 bridgehead atoms. The second kappa shape index (κ2) is 10.4. The van der Waals surface area contributed by atoms with E-state index < -0.39 is 0 Å².